The summed E-state index contributed by atoms with van der Waals surface area (Å²) in [6, 6.07) is 0. The first-order valence-electron chi connectivity index (χ1n) is 9.49. The van der Waals surface area contributed by atoms with Crippen molar-refractivity contribution in [3.63, 3.8) is 0 Å². The second-order valence-electron chi connectivity index (χ2n) is 7.93. The van der Waals surface area contributed by atoms with E-state index in [2.05, 4.69) is 39.1 Å². The third-order valence-corrected chi connectivity index (χ3v) is 6.40. The molecule has 1 aromatic rings. The molecule has 2 atom stereocenters. The summed E-state index contributed by atoms with van der Waals surface area (Å²) < 4.78 is 5.59. The number of alkyl halides is 1. The summed E-state index contributed by atoms with van der Waals surface area (Å²) >= 11 is 5.46. The van der Waals surface area contributed by atoms with Gasteiger partial charge in [-0.3, -0.25) is 0 Å². The fraction of sp³-hybridized carbons (Fsp3) is 0.600. The Balaban J connectivity index is 1.72. The van der Waals surface area contributed by atoms with Crippen LogP contribution in [-0.4, -0.2) is 50.2 Å². The van der Waals surface area contributed by atoms with Gasteiger partial charge in [-0.15, -0.1) is 11.8 Å². The number of ether oxygens (including phenoxy) is 1. The van der Waals surface area contributed by atoms with Crippen molar-refractivity contribution in [2.24, 2.45) is 0 Å². The van der Waals surface area contributed by atoms with Crippen molar-refractivity contribution >= 4 is 39.4 Å². The lowest BCUT2D eigenvalue weighted by Gasteiger charge is -2.31. The summed E-state index contributed by atoms with van der Waals surface area (Å²) in [5.74, 6) is 2.01. The summed E-state index contributed by atoms with van der Waals surface area (Å²) in [7, 11) is 0. The van der Waals surface area contributed by atoms with E-state index >= 15 is 0 Å². The van der Waals surface area contributed by atoms with Crippen molar-refractivity contribution in [3.05, 3.63) is 35.9 Å². The van der Waals surface area contributed by atoms with Gasteiger partial charge in [-0.2, -0.15) is 0 Å². The fourth-order valence-electron chi connectivity index (χ4n) is 3.07. The first-order valence-corrected chi connectivity index (χ1v) is 11.5. The molecule has 1 aliphatic heterocycles. The summed E-state index contributed by atoms with van der Waals surface area (Å²) in [5, 5.41) is 0.128. The lowest BCUT2D eigenvalue weighted by Crippen LogP contribution is -2.40. The fourth-order valence-corrected chi connectivity index (χ4v) is 4.62. The molecular formula is C20H28BrN3O2S. The minimum absolute atomic E-state index is 0.128. The molecule has 2 heterocycles. The van der Waals surface area contributed by atoms with E-state index in [-0.39, 0.29) is 11.3 Å². The highest BCUT2D eigenvalue weighted by molar-refractivity contribution is 9.09. The van der Waals surface area contributed by atoms with Gasteiger partial charge in [0.1, 0.15) is 11.4 Å². The normalized spacial score (nSPS) is 24.1. The molecular weight excluding hydrogens is 426 g/mol. The predicted molar refractivity (Wildman–Crippen MR) is 115 cm³/mol. The van der Waals surface area contributed by atoms with E-state index < -0.39 is 5.60 Å². The molecule has 0 saturated carbocycles. The highest BCUT2D eigenvalue weighted by Gasteiger charge is 2.28. The molecule has 5 nitrogen and oxygen atoms in total. The minimum atomic E-state index is -0.479. The van der Waals surface area contributed by atoms with Gasteiger partial charge in [-0.25, -0.2) is 9.78 Å². The van der Waals surface area contributed by atoms with E-state index in [0.29, 0.717) is 11.4 Å². The van der Waals surface area contributed by atoms with E-state index in [9.17, 15) is 4.79 Å². The highest BCUT2D eigenvalue weighted by Crippen LogP contribution is 2.32. The van der Waals surface area contributed by atoms with Crippen LogP contribution in [0.2, 0.25) is 0 Å². The maximum Gasteiger partial charge on any atom is 0.410 e. The third kappa shape index (κ3) is 5.88. The summed E-state index contributed by atoms with van der Waals surface area (Å²) in [6.07, 6.45) is 11.3. The molecule has 0 radical (unpaired) electrons. The number of rotatable bonds is 2. The first kappa shape index (κ1) is 20.5. The Labute approximate surface area is 174 Å². The Morgan fingerprint density at radius 2 is 2.22 bits per heavy atom. The van der Waals surface area contributed by atoms with Gasteiger partial charge in [-0.05, 0) is 51.4 Å². The number of aromatic amines is 1. The Bertz CT molecular complexity index is 723. The molecule has 27 heavy (non-hydrogen) atoms. The molecule has 1 fully saturated rings. The number of hydrogen-bond acceptors (Lipinski definition) is 4. The maximum absolute atomic E-state index is 12.6. The van der Waals surface area contributed by atoms with E-state index in [0.717, 1.165) is 48.7 Å². The van der Waals surface area contributed by atoms with Crippen molar-refractivity contribution in [2.45, 2.75) is 55.7 Å². The Morgan fingerprint density at radius 1 is 1.41 bits per heavy atom. The van der Waals surface area contributed by atoms with E-state index in [1.165, 1.54) is 0 Å². The molecule has 0 bridgehead atoms. The molecule has 1 N–H and O–H groups in total. The molecule has 7 heteroatoms. The summed E-state index contributed by atoms with van der Waals surface area (Å²) in [4.78, 5) is 23.0. The Morgan fingerprint density at radius 3 is 2.93 bits per heavy atom. The number of aromatic nitrogens is 2. The zero-order valence-corrected chi connectivity index (χ0v) is 18.6. The number of nitrogens with zero attached hydrogens (tertiary/aromatic N) is 2. The number of carbonyl (C=O) groups excluding carboxylic acids is 1. The van der Waals surface area contributed by atoms with Crippen LogP contribution in [0.4, 0.5) is 4.79 Å². The smallest absolute Gasteiger partial charge is 0.410 e. The number of hydrogen-bond donors (Lipinski definition) is 1. The zero-order chi connectivity index (χ0) is 19.4. The van der Waals surface area contributed by atoms with Crippen LogP contribution in [0.1, 0.15) is 56.8 Å². The SMILES string of the molecule is CC(C)(C)OC(=O)N1CCCCSC(c2nc(C3=CCC(Br)C=C3)c[nH]2)C1. The van der Waals surface area contributed by atoms with Gasteiger partial charge in [0.15, 0.2) is 0 Å². The average Bonchev–Trinajstić information content (AvgIpc) is 3.03. The van der Waals surface area contributed by atoms with Gasteiger partial charge in [0.05, 0.1) is 10.9 Å². The quantitative estimate of drug-likeness (QED) is 0.615. The van der Waals surface area contributed by atoms with Gasteiger partial charge in [0.25, 0.3) is 0 Å². The van der Waals surface area contributed by atoms with Gasteiger partial charge in [0, 0.05) is 24.1 Å². The van der Waals surface area contributed by atoms with Gasteiger partial charge >= 0.3 is 6.09 Å². The summed E-state index contributed by atoms with van der Waals surface area (Å²) in [6.45, 7) is 7.07. The molecule has 2 aliphatic rings. The molecule has 2 unspecified atom stereocenters. The van der Waals surface area contributed by atoms with Crippen molar-refractivity contribution < 1.29 is 9.53 Å². The highest BCUT2D eigenvalue weighted by atomic mass is 79.9. The van der Waals surface area contributed by atoms with E-state index in [1.807, 2.05) is 43.6 Å². The monoisotopic (exact) mass is 453 g/mol. The molecule has 1 amide bonds. The number of imidazole rings is 1. The largest absolute Gasteiger partial charge is 0.444 e. The van der Waals surface area contributed by atoms with Gasteiger partial charge < -0.3 is 14.6 Å². The van der Waals surface area contributed by atoms with E-state index in [4.69, 9.17) is 9.72 Å². The van der Waals surface area contributed by atoms with Crippen molar-refractivity contribution in [1.29, 1.82) is 0 Å². The van der Waals surface area contributed by atoms with Crippen LogP contribution in [0.5, 0.6) is 0 Å². The van der Waals surface area contributed by atoms with Crippen molar-refractivity contribution in [2.75, 3.05) is 18.8 Å². The Kier molecular flexibility index (Phi) is 6.74. The van der Waals surface area contributed by atoms with Crippen LogP contribution in [0, 0.1) is 0 Å². The average molecular weight is 454 g/mol. The number of nitrogens with one attached hydrogen (secondary N) is 1. The van der Waals surface area contributed by atoms with Gasteiger partial charge in [0.2, 0.25) is 0 Å². The molecule has 0 spiro atoms. The first-order chi connectivity index (χ1) is 12.8. The second kappa shape index (κ2) is 8.86. The molecule has 0 aromatic carbocycles. The molecule has 1 saturated heterocycles. The molecule has 1 aromatic heterocycles. The van der Waals surface area contributed by atoms with Crippen LogP contribution >= 0.6 is 27.7 Å². The van der Waals surface area contributed by atoms with Crippen LogP contribution < -0.4 is 0 Å². The topological polar surface area (TPSA) is 58.2 Å². The van der Waals surface area contributed by atoms with Crippen molar-refractivity contribution in [3.8, 4) is 0 Å². The zero-order valence-electron chi connectivity index (χ0n) is 16.2. The Hall–Kier alpha value is -1.21. The number of allylic oxidation sites excluding steroid dienone is 4. The number of amides is 1. The second-order valence-corrected chi connectivity index (χ2v) is 10.4. The maximum atomic E-state index is 12.6. The molecule has 3 rings (SSSR count). The lowest BCUT2D eigenvalue weighted by molar-refractivity contribution is 0.0246. The summed E-state index contributed by atoms with van der Waals surface area (Å²) in [5.41, 5.74) is 1.63. The van der Waals surface area contributed by atoms with Crippen LogP contribution in [0.25, 0.3) is 5.57 Å². The molecule has 1 aliphatic carbocycles. The molecule has 148 valence electrons. The van der Waals surface area contributed by atoms with Crippen molar-refractivity contribution in [1.82, 2.24) is 14.9 Å². The predicted octanol–water partition coefficient (Wildman–Crippen LogP) is 5.32. The van der Waals surface area contributed by atoms with Gasteiger partial charge in [-0.1, -0.05) is 34.2 Å². The van der Waals surface area contributed by atoms with Crippen LogP contribution in [0.3, 0.4) is 0 Å². The number of carbonyl (C=O) groups is 1. The minimum Gasteiger partial charge on any atom is -0.444 e. The number of H-pyrrole nitrogens is 1. The number of thioether (sulfide) groups is 1. The van der Waals surface area contributed by atoms with E-state index in [1.54, 1.807) is 0 Å². The third-order valence-electron chi connectivity index (χ3n) is 4.43. The lowest BCUT2D eigenvalue weighted by atomic mass is 10.1. The van der Waals surface area contributed by atoms with Crippen LogP contribution in [0.15, 0.2) is 24.4 Å². The standard InChI is InChI=1S/C20H28BrN3O2S/c1-20(2,3)26-19(25)24-10-4-5-11-27-17(13-24)18-22-12-16(23-18)14-6-8-15(21)9-7-14/h6-8,12,15,17H,4-5,9-11,13H2,1-3H3,(H,22,23). The van der Waals surface area contributed by atoms with Crippen LogP contribution in [-0.2, 0) is 4.74 Å². The number of halogens is 1.